The van der Waals surface area contributed by atoms with Gasteiger partial charge in [-0.3, -0.25) is 4.79 Å². The van der Waals surface area contributed by atoms with Gasteiger partial charge in [-0.1, -0.05) is 60.7 Å². The van der Waals surface area contributed by atoms with Crippen LogP contribution in [0.1, 0.15) is 56.9 Å². The van der Waals surface area contributed by atoms with Gasteiger partial charge in [-0.2, -0.15) is 5.26 Å². The highest BCUT2D eigenvalue weighted by atomic mass is 79.9. The van der Waals surface area contributed by atoms with Crippen LogP contribution >= 0.6 is 15.9 Å². The van der Waals surface area contributed by atoms with Crippen LogP contribution in [0.25, 0.3) is 0 Å². The molecule has 0 N–H and O–H groups in total. The molecule has 0 fully saturated rings. The second-order valence-electron chi connectivity index (χ2n) is 4.74. The molecule has 3 heteroatoms. The first-order valence-electron chi connectivity index (χ1n) is 6.86. The highest BCUT2D eigenvalue weighted by molar-refractivity contribution is 9.10. The van der Waals surface area contributed by atoms with Crippen LogP contribution in [0.5, 0.6) is 0 Å². The number of nitriles is 1. The Morgan fingerprint density at radius 1 is 1.21 bits per heavy atom. The van der Waals surface area contributed by atoms with Gasteiger partial charge in [-0.25, -0.2) is 0 Å². The highest BCUT2D eigenvalue weighted by Gasteiger charge is 2.19. The maximum Gasteiger partial charge on any atom is 0.154 e. The molecule has 0 heterocycles. The summed E-state index contributed by atoms with van der Waals surface area (Å²) in [4.78, 5) is 12.1. The van der Waals surface area contributed by atoms with E-state index in [0.29, 0.717) is 6.42 Å². The molecule has 2 nitrogen and oxygen atoms in total. The zero-order valence-electron chi connectivity index (χ0n) is 11.4. The van der Waals surface area contributed by atoms with E-state index < -0.39 is 5.92 Å². The van der Waals surface area contributed by atoms with Crippen molar-refractivity contribution in [2.75, 3.05) is 0 Å². The molecule has 0 spiro atoms. The summed E-state index contributed by atoms with van der Waals surface area (Å²) in [5, 5.41) is 9.18. The predicted molar refractivity (Wildman–Crippen MR) is 80.9 cm³/mol. The Bertz CT molecular complexity index is 433. The molecular weight excluding hydrogens is 302 g/mol. The zero-order chi connectivity index (χ0) is 14.1. The lowest BCUT2D eigenvalue weighted by atomic mass is 9.93. The van der Waals surface area contributed by atoms with E-state index in [1.165, 1.54) is 19.3 Å². The fourth-order valence-corrected chi connectivity index (χ4v) is 2.30. The maximum absolute atomic E-state index is 12.1. The van der Waals surface area contributed by atoms with E-state index in [9.17, 15) is 10.1 Å². The standard InChI is InChI=1S/C16H20BrNO/c1-2-3-4-5-6-7-16(19)15(12-18)13-8-10-14(17)11-9-13/h8-11,15H,2-7H2,1H3. The molecule has 0 aliphatic rings. The summed E-state index contributed by atoms with van der Waals surface area (Å²) in [7, 11) is 0. The summed E-state index contributed by atoms with van der Waals surface area (Å²) in [5.74, 6) is -0.569. The third-order valence-corrected chi connectivity index (χ3v) is 3.71. The largest absolute Gasteiger partial charge is 0.298 e. The average molecular weight is 322 g/mol. The Labute approximate surface area is 124 Å². The van der Waals surface area contributed by atoms with Crippen LogP contribution in [0, 0.1) is 11.3 Å². The van der Waals surface area contributed by atoms with Gasteiger partial charge in [0.1, 0.15) is 5.92 Å². The first kappa shape index (κ1) is 15.9. The van der Waals surface area contributed by atoms with Crippen molar-refractivity contribution in [3.05, 3.63) is 34.3 Å². The summed E-state index contributed by atoms with van der Waals surface area (Å²) in [6, 6.07) is 9.54. The monoisotopic (exact) mass is 321 g/mol. The van der Waals surface area contributed by atoms with Crippen molar-refractivity contribution in [1.82, 2.24) is 0 Å². The number of unbranched alkanes of at least 4 members (excludes halogenated alkanes) is 4. The molecule has 19 heavy (non-hydrogen) atoms. The summed E-state index contributed by atoms with van der Waals surface area (Å²) < 4.78 is 0.958. The SMILES string of the molecule is CCCCCCCC(=O)C(C#N)c1ccc(Br)cc1. The molecule has 1 unspecified atom stereocenters. The third kappa shape index (κ3) is 5.57. The fraction of sp³-hybridized carbons (Fsp3) is 0.500. The molecule has 0 saturated carbocycles. The number of nitrogens with zero attached hydrogens (tertiary/aromatic N) is 1. The van der Waals surface area contributed by atoms with Crippen molar-refractivity contribution >= 4 is 21.7 Å². The van der Waals surface area contributed by atoms with Gasteiger partial charge in [0.15, 0.2) is 5.78 Å². The lowest BCUT2D eigenvalue weighted by Gasteiger charge is -2.08. The van der Waals surface area contributed by atoms with Crippen molar-refractivity contribution in [3.8, 4) is 6.07 Å². The van der Waals surface area contributed by atoms with Gasteiger partial charge in [-0.15, -0.1) is 0 Å². The molecule has 1 aromatic rings. The van der Waals surface area contributed by atoms with Gasteiger partial charge in [0, 0.05) is 10.9 Å². The number of benzene rings is 1. The molecule has 0 saturated heterocycles. The minimum absolute atomic E-state index is 0.0429. The van der Waals surface area contributed by atoms with Gasteiger partial charge >= 0.3 is 0 Å². The molecule has 0 aliphatic carbocycles. The topological polar surface area (TPSA) is 40.9 Å². The molecule has 102 valence electrons. The summed E-state index contributed by atoms with van der Waals surface area (Å²) in [6.45, 7) is 2.17. The smallest absolute Gasteiger partial charge is 0.154 e. The van der Waals surface area contributed by atoms with E-state index in [1.807, 2.05) is 24.3 Å². The number of Topliss-reactive ketones (excluding diaryl/α,β-unsaturated/α-hetero) is 1. The summed E-state index contributed by atoms with van der Waals surface area (Å²) in [5.41, 5.74) is 0.796. The second kappa shape index (κ2) is 8.87. The van der Waals surface area contributed by atoms with Gasteiger partial charge in [-0.05, 0) is 24.1 Å². The molecule has 0 amide bonds. The van der Waals surface area contributed by atoms with E-state index in [-0.39, 0.29) is 5.78 Å². The van der Waals surface area contributed by atoms with E-state index in [1.54, 1.807) is 0 Å². The van der Waals surface area contributed by atoms with Crippen molar-refractivity contribution in [3.63, 3.8) is 0 Å². The number of hydrogen-bond donors (Lipinski definition) is 0. The van der Waals surface area contributed by atoms with Crippen LogP contribution in [0.15, 0.2) is 28.7 Å². The normalized spacial score (nSPS) is 11.8. The van der Waals surface area contributed by atoms with E-state index in [4.69, 9.17) is 0 Å². The molecule has 1 rings (SSSR count). The Morgan fingerprint density at radius 2 is 1.84 bits per heavy atom. The number of carbonyl (C=O) groups is 1. The average Bonchev–Trinajstić information content (AvgIpc) is 2.41. The Hall–Kier alpha value is -1.14. The van der Waals surface area contributed by atoms with E-state index in [0.717, 1.165) is 22.9 Å². The molecule has 0 aromatic heterocycles. The second-order valence-corrected chi connectivity index (χ2v) is 5.66. The number of halogens is 1. The van der Waals surface area contributed by atoms with Crippen LogP contribution in [0.4, 0.5) is 0 Å². The summed E-state index contributed by atoms with van der Waals surface area (Å²) >= 11 is 3.35. The zero-order valence-corrected chi connectivity index (χ0v) is 12.9. The van der Waals surface area contributed by atoms with E-state index >= 15 is 0 Å². The lowest BCUT2D eigenvalue weighted by Crippen LogP contribution is -2.10. The lowest BCUT2D eigenvalue weighted by molar-refractivity contribution is -0.119. The van der Waals surface area contributed by atoms with Crippen LogP contribution in [0.2, 0.25) is 0 Å². The number of rotatable bonds is 8. The van der Waals surface area contributed by atoms with Gasteiger partial charge in [0.25, 0.3) is 0 Å². The van der Waals surface area contributed by atoms with Crippen molar-refractivity contribution < 1.29 is 4.79 Å². The van der Waals surface area contributed by atoms with Gasteiger partial charge < -0.3 is 0 Å². The minimum Gasteiger partial charge on any atom is -0.298 e. The molecular formula is C16H20BrNO. The Balaban J connectivity index is 2.49. The van der Waals surface area contributed by atoms with Crippen molar-refractivity contribution in [1.29, 1.82) is 5.26 Å². The van der Waals surface area contributed by atoms with E-state index in [2.05, 4.69) is 28.9 Å². The molecule has 1 aromatic carbocycles. The molecule has 0 bridgehead atoms. The molecule has 0 aliphatic heterocycles. The maximum atomic E-state index is 12.1. The van der Waals surface area contributed by atoms with Crippen LogP contribution < -0.4 is 0 Å². The Kier molecular flexibility index (Phi) is 7.43. The predicted octanol–water partition coefficient (Wildman–Crippen LogP) is 4.99. The van der Waals surface area contributed by atoms with Crippen molar-refractivity contribution in [2.24, 2.45) is 0 Å². The molecule has 1 atom stereocenters. The number of ketones is 1. The third-order valence-electron chi connectivity index (χ3n) is 3.18. The Morgan fingerprint density at radius 3 is 2.42 bits per heavy atom. The first-order chi connectivity index (χ1) is 9.19. The van der Waals surface area contributed by atoms with Crippen molar-refractivity contribution in [2.45, 2.75) is 51.4 Å². The van der Waals surface area contributed by atoms with Crippen LogP contribution in [-0.2, 0) is 4.79 Å². The first-order valence-corrected chi connectivity index (χ1v) is 7.66. The molecule has 0 radical (unpaired) electrons. The van der Waals surface area contributed by atoms with Crippen LogP contribution in [0.3, 0.4) is 0 Å². The quantitative estimate of drug-likeness (QED) is 0.633. The van der Waals surface area contributed by atoms with Gasteiger partial charge in [0.2, 0.25) is 0 Å². The fourth-order valence-electron chi connectivity index (χ4n) is 2.03. The number of carbonyl (C=O) groups excluding carboxylic acids is 1. The van der Waals surface area contributed by atoms with Crippen LogP contribution in [-0.4, -0.2) is 5.78 Å². The highest BCUT2D eigenvalue weighted by Crippen LogP contribution is 2.21. The minimum atomic E-state index is -0.612. The summed E-state index contributed by atoms with van der Waals surface area (Å²) in [6.07, 6.45) is 6.10. The van der Waals surface area contributed by atoms with Gasteiger partial charge in [0.05, 0.1) is 6.07 Å². The number of hydrogen-bond acceptors (Lipinski definition) is 2.